The van der Waals surface area contributed by atoms with Gasteiger partial charge in [-0.25, -0.2) is 0 Å². The molecule has 1 aromatic carbocycles. The van der Waals surface area contributed by atoms with E-state index in [2.05, 4.69) is 15.3 Å². The van der Waals surface area contributed by atoms with Crippen LogP contribution in [-0.2, 0) is 4.74 Å². The summed E-state index contributed by atoms with van der Waals surface area (Å²) in [5.41, 5.74) is 7.14. The van der Waals surface area contributed by atoms with Crippen LogP contribution in [0, 0.1) is 0 Å². The van der Waals surface area contributed by atoms with E-state index in [4.69, 9.17) is 10.5 Å². The number of para-hydroxylation sites is 1. The van der Waals surface area contributed by atoms with Gasteiger partial charge in [-0.05, 0) is 25.3 Å². The maximum atomic E-state index is 12.3. The number of nitrogens with zero attached hydrogens (tertiary/aromatic N) is 1. The predicted molar refractivity (Wildman–Crippen MR) is 91.9 cm³/mol. The summed E-state index contributed by atoms with van der Waals surface area (Å²) in [6.07, 6.45) is 3.59. The van der Waals surface area contributed by atoms with Gasteiger partial charge < -0.3 is 20.6 Å². The number of nitrogens with one attached hydrogen (secondary N) is 2. The van der Waals surface area contributed by atoms with Gasteiger partial charge in [0, 0.05) is 23.7 Å². The molecular weight excluding hydrogens is 308 g/mol. The SMILES string of the molecule is NC(=NCC(O)C1CCCCO1)NC(=O)c1c[nH]c2ccccc12. The molecule has 24 heavy (non-hydrogen) atoms. The van der Waals surface area contributed by atoms with Crippen molar-refractivity contribution in [2.24, 2.45) is 10.7 Å². The number of aliphatic hydroxyl groups excluding tert-OH is 1. The number of fused-ring (bicyclic) bond motifs is 1. The van der Waals surface area contributed by atoms with Gasteiger partial charge in [-0.2, -0.15) is 0 Å². The minimum absolute atomic E-state index is 0.0138. The fourth-order valence-corrected chi connectivity index (χ4v) is 2.86. The maximum Gasteiger partial charge on any atom is 0.260 e. The topological polar surface area (TPSA) is 113 Å². The zero-order chi connectivity index (χ0) is 16.9. The summed E-state index contributed by atoms with van der Waals surface area (Å²) in [5.74, 6) is -0.350. The Morgan fingerprint density at radius 3 is 3.08 bits per heavy atom. The Balaban J connectivity index is 1.59. The third-order valence-corrected chi connectivity index (χ3v) is 4.17. The third kappa shape index (κ3) is 3.74. The van der Waals surface area contributed by atoms with Crippen LogP contribution in [0.15, 0.2) is 35.5 Å². The van der Waals surface area contributed by atoms with Crippen LogP contribution >= 0.6 is 0 Å². The molecule has 5 N–H and O–H groups in total. The maximum absolute atomic E-state index is 12.3. The summed E-state index contributed by atoms with van der Waals surface area (Å²) >= 11 is 0. The highest BCUT2D eigenvalue weighted by atomic mass is 16.5. The zero-order valence-electron chi connectivity index (χ0n) is 13.4. The van der Waals surface area contributed by atoms with Crippen molar-refractivity contribution >= 4 is 22.8 Å². The molecule has 2 atom stereocenters. The van der Waals surface area contributed by atoms with Crippen molar-refractivity contribution in [3.05, 3.63) is 36.0 Å². The first-order valence-corrected chi connectivity index (χ1v) is 8.12. The summed E-state index contributed by atoms with van der Waals surface area (Å²) in [6, 6.07) is 7.51. The number of nitrogens with two attached hydrogens (primary N) is 1. The third-order valence-electron chi connectivity index (χ3n) is 4.17. The second kappa shape index (κ2) is 7.46. The Morgan fingerprint density at radius 2 is 2.29 bits per heavy atom. The predicted octanol–water partition coefficient (Wildman–Crippen LogP) is 1.14. The minimum atomic E-state index is -0.714. The molecule has 2 unspecified atom stereocenters. The van der Waals surface area contributed by atoms with Crippen LogP contribution in [0.3, 0.4) is 0 Å². The fraction of sp³-hybridized carbons (Fsp3) is 0.412. The molecule has 1 saturated heterocycles. The second-order valence-corrected chi connectivity index (χ2v) is 5.90. The van der Waals surface area contributed by atoms with Gasteiger partial charge in [-0.3, -0.25) is 15.1 Å². The average molecular weight is 330 g/mol. The van der Waals surface area contributed by atoms with Gasteiger partial charge >= 0.3 is 0 Å². The quantitative estimate of drug-likeness (QED) is 0.497. The molecule has 0 bridgehead atoms. The number of aliphatic hydroxyl groups is 1. The van der Waals surface area contributed by atoms with Crippen molar-refractivity contribution in [3.63, 3.8) is 0 Å². The van der Waals surface area contributed by atoms with Crippen molar-refractivity contribution in [2.45, 2.75) is 31.5 Å². The lowest BCUT2D eigenvalue weighted by atomic mass is 10.0. The number of H-pyrrole nitrogens is 1. The Labute approximate surface area is 139 Å². The van der Waals surface area contributed by atoms with Gasteiger partial charge in [0.2, 0.25) is 0 Å². The van der Waals surface area contributed by atoms with Crippen LogP contribution in [0.1, 0.15) is 29.6 Å². The molecule has 7 heteroatoms. The Kier molecular flexibility index (Phi) is 5.12. The van der Waals surface area contributed by atoms with Crippen molar-refractivity contribution < 1.29 is 14.6 Å². The smallest absolute Gasteiger partial charge is 0.260 e. The number of guanidine groups is 1. The van der Waals surface area contributed by atoms with Gasteiger partial charge in [0.1, 0.15) is 0 Å². The summed E-state index contributed by atoms with van der Waals surface area (Å²) in [6.45, 7) is 0.767. The molecule has 0 radical (unpaired) electrons. The number of benzene rings is 1. The molecule has 1 aromatic heterocycles. The first-order valence-electron chi connectivity index (χ1n) is 8.12. The van der Waals surface area contributed by atoms with Gasteiger partial charge in [0.05, 0.1) is 24.3 Å². The number of aromatic nitrogens is 1. The zero-order valence-corrected chi connectivity index (χ0v) is 13.4. The molecule has 0 aliphatic carbocycles. The second-order valence-electron chi connectivity index (χ2n) is 5.90. The Bertz CT molecular complexity index is 734. The van der Waals surface area contributed by atoms with E-state index >= 15 is 0 Å². The number of hydrogen-bond acceptors (Lipinski definition) is 4. The molecule has 128 valence electrons. The van der Waals surface area contributed by atoms with E-state index in [1.54, 1.807) is 6.20 Å². The number of aliphatic imine (C=N–C) groups is 1. The van der Waals surface area contributed by atoms with Gasteiger partial charge in [-0.15, -0.1) is 0 Å². The van der Waals surface area contributed by atoms with Crippen LogP contribution < -0.4 is 11.1 Å². The number of amides is 1. The molecule has 7 nitrogen and oxygen atoms in total. The van der Waals surface area contributed by atoms with Crippen molar-refractivity contribution in [2.75, 3.05) is 13.2 Å². The molecule has 0 saturated carbocycles. The molecular formula is C17H22N4O3. The number of hydrogen-bond donors (Lipinski definition) is 4. The van der Waals surface area contributed by atoms with Crippen LogP contribution in [0.2, 0.25) is 0 Å². The number of rotatable bonds is 4. The van der Waals surface area contributed by atoms with Crippen molar-refractivity contribution in [3.8, 4) is 0 Å². The lowest BCUT2D eigenvalue weighted by molar-refractivity contribution is -0.0576. The van der Waals surface area contributed by atoms with Gasteiger partial charge in [0.25, 0.3) is 5.91 Å². The average Bonchev–Trinajstić information content (AvgIpc) is 3.04. The molecule has 0 spiro atoms. The highest BCUT2D eigenvalue weighted by molar-refractivity contribution is 6.12. The van der Waals surface area contributed by atoms with Crippen LogP contribution in [0.25, 0.3) is 10.9 Å². The van der Waals surface area contributed by atoms with E-state index in [0.29, 0.717) is 12.2 Å². The van der Waals surface area contributed by atoms with Crippen LogP contribution in [-0.4, -0.2) is 47.3 Å². The number of carbonyl (C=O) groups is 1. The summed E-state index contributed by atoms with van der Waals surface area (Å²) < 4.78 is 5.51. The van der Waals surface area contributed by atoms with E-state index in [1.165, 1.54) is 0 Å². The lowest BCUT2D eigenvalue weighted by Crippen LogP contribution is -2.39. The van der Waals surface area contributed by atoms with Crippen molar-refractivity contribution in [1.29, 1.82) is 0 Å². The van der Waals surface area contributed by atoms with E-state index in [-0.39, 0.29) is 24.5 Å². The number of aromatic amines is 1. The molecule has 3 rings (SSSR count). The Morgan fingerprint density at radius 1 is 1.46 bits per heavy atom. The summed E-state index contributed by atoms with van der Waals surface area (Å²) in [7, 11) is 0. The Hall–Kier alpha value is -2.38. The number of ether oxygens (including phenoxy) is 1. The number of carbonyl (C=O) groups excluding carboxylic acids is 1. The molecule has 2 heterocycles. The molecule has 1 aliphatic rings. The molecule has 1 aliphatic heterocycles. The van der Waals surface area contributed by atoms with E-state index in [1.807, 2.05) is 24.3 Å². The van der Waals surface area contributed by atoms with Crippen LogP contribution in [0.4, 0.5) is 0 Å². The monoisotopic (exact) mass is 330 g/mol. The first-order chi connectivity index (χ1) is 11.6. The fourth-order valence-electron chi connectivity index (χ4n) is 2.86. The lowest BCUT2D eigenvalue weighted by Gasteiger charge is -2.26. The van der Waals surface area contributed by atoms with Crippen molar-refractivity contribution in [1.82, 2.24) is 10.3 Å². The normalized spacial score (nSPS) is 20.0. The summed E-state index contributed by atoms with van der Waals surface area (Å²) in [4.78, 5) is 19.4. The first kappa shape index (κ1) is 16.5. The van der Waals surface area contributed by atoms with E-state index in [0.717, 1.165) is 30.2 Å². The molecule has 1 amide bonds. The van der Waals surface area contributed by atoms with E-state index in [9.17, 15) is 9.90 Å². The van der Waals surface area contributed by atoms with Crippen LogP contribution in [0.5, 0.6) is 0 Å². The standard InChI is InChI=1S/C17H22N4O3/c18-17(20-10-14(22)15-7-3-4-8-24-15)21-16(23)12-9-19-13-6-2-1-5-11(12)13/h1-2,5-6,9,14-15,19,22H,3-4,7-8,10H2,(H3,18,20,21,23). The largest absolute Gasteiger partial charge is 0.388 e. The van der Waals surface area contributed by atoms with Gasteiger partial charge in [0.15, 0.2) is 5.96 Å². The summed E-state index contributed by atoms with van der Waals surface area (Å²) in [5, 5.41) is 13.4. The molecule has 1 fully saturated rings. The highest BCUT2D eigenvalue weighted by Gasteiger charge is 2.22. The molecule has 2 aromatic rings. The highest BCUT2D eigenvalue weighted by Crippen LogP contribution is 2.17. The minimum Gasteiger partial charge on any atom is -0.388 e. The van der Waals surface area contributed by atoms with E-state index < -0.39 is 6.10 Å². The van der Waals surface area contributed by atoms with Gasteiger partial charge in [-0.1, -0.05) is 18.2 Å².